The highest BCUT2D eigenvalue weighted by molar-refractivity contribution is 5.84. The van der Waals surface area contributed by atoms with E-state index in [1.54, 1.807) is 0 Å². The normalized spacial score (nSPS) is 26.9. The van der Waals surface area contributed by atoms with E-state index in [9.17, 15) is 22.4 Å². The molecular formula is C10H15F4NO. The summed E-state index contributed by atoms with van der Waals surface area (Å²) < 4.78 is 49.0. The molecule has 0 aromatic heterocycles. The number of carbonyl (C=O) groups excluding carboxylic acids is 1. The summed E-state index contributed by atoms with van der Waals surface area (Å²) in [5.41, 5.74) is 0. The lowest BCUT2D eigenvalue weighted by Crippen LogP contribution is -2.49. The number of hydrogen-bond donors (Lipinski definition) is 1. The Balaban J connectivity index is 2.46. The Bertz CT molecular complexity index is 249. The molecule has 1 fully saturated rings. The molecule has 1 rings (SSSR count). The van der Waals surface area contributed by atoms with E-state index in [-0.39, 0.29) is 0 Å². The molecular weight excluding hydrogens is 226 g/mol. The van der Waals surface area contributed by atoms with Gasteiger partial charge in [-0.25, -0.2) is 8.78 Å². The van der Waals surface area contributed by atoms with E-state index < -0.39 is 24.3 Å². The molecule has 94 valence electrons. The first-order valence-electron chi connectivity index (χ1n) is 5.31. The van der Waals surface area contributed by atoms with Crippen LogP contribution in [0.5, 0.6) is 0 Å². The third kappa shape index (κ3) is 3.09. The molecule has 0 saturated heterocycles. The standard InChI is InChI=1S/C10H15F4NO/c1-6-2-4-7(5-3-6)15-9(16)10(13,14)8(11)12/h6-8H,2-5H2,1H3,(H,15,16). The highest BCUT2D eigenvalue weighted by atomic mass is 19.3. The van der Waals surface area contributed by atoms with Crippen LogP contribution in [0.2, 0.25) is 0 Å². The molecule has 0 heterocycles. The topological polar surface area (TPSA) is 29.1 Å². The van der Waals surface area contributed by atoms with Gasteiger partial charge in [0, 0.05) is 6.04 Å². The van der Waals surface area contributed by atoms with Crippen molar-refractivity contribution in [3.05, 3.63) is 0 Å². The number of halogens is 4. The Kier molecular flexibility index (Phi) is 4.15. The average Bonchev–Trinajstić information content (AvgIpc) is 2.21. The second-order valence-electron chi connectivity index (χ2n) is 4.35. The van der Waals surface area contributed by atoms with Gasteiger partial charge < -0.3 is 5.32 Å². The minimum absolute atomic E-state index is 0.395. The Hall–Kier alpha value is -0.810. The molecule has 0 unspecified atom stereocenters. The van der Waals surface area contributed by atoms with Gasteiger partial charge in [0.1, 0.15) is 0 Å². The first-order valence-corrected chi connectivity index (χ1v) is 5.31. The molecule has 0 aliphatic heterocycles. The maximum Gasteiger partial charge on any atom is 0.383 e. The van der Waals surface area contributed by atoms with Gasteiger partial charge in [0.25, 0.3) is 5.91 Å². The van der Waals surface area contributed by atoms with Crippen LogP contribution in [0.1, 0.15) is 32.6 Å². The molecule has 16 heavy (non-hydrogen) atoms. The van der Waals surface area contributed by atoms with Crippen LogP contribution < -0.4 is 5.32 Å². The predicted molar refractivity (Wildman–Crippen MR) is 50.5 cm³/mol. The van der Waals surface area contributed by atoms with E-state index in [4.69, 9.17) is 0 Å². The van der Waals surface area contributed by atoms with Crippen molar-refractivity contribution in [2.75, 3.05) is 0 Å². The van der Waals surface area contributed by atoms with E-state index >= 15 is 0 Å². The first-order chi connectivity index (χ1) is 7.34. The Morgan fingerprint density at radius 3 is 2.19 bits per heavy atom. The van der Waals surface area contributed by atoms with Gasteiger partial charge in [-0.1, -0.05) is 6.92 Å². The third-order valence-electron chi connectivity index (χ3n) is 2.93. The van der Waals surface area contributed by atoms with E-state index in [0.29, 0.717) is 18.8 Å². The van der Waals surface area contributed by atoms with E-state index in [2.05, 4.69) is 0 Å². The molecule has 1 amide bonds. The second kappa shape index (κ2) is 5.01. The van der Waals surface area contributed by atoms with Gasteiger partial charge in [0.15, 0.2) is 0 Å². The van der Waals surface area contributed by atoms with Crippen LogP contribution in [0.25, 0.3) is 0 Å². The third-order valence-corrected chi connectivity index (χ3v) is 2.93. The predicted octanol–water partition coefficient (Wildman–Crippen LogP) is 2.58. The largest absolute Gasteiger partial charge is 0.383 e. The van der Waals surface area contributed by atoms with Crippen molar-refractivity contribution in [3.63, 3.8) is 0 Å². The minimum atomic E-state index is -4.58. The maximum atomic E-state index is 12.6. The lowest BCUT2D eigenvalue weighted by Gasteiger charge is -2.28. The number of alkyl halides is 4. The van der Waals surface area contributed by atoms with E-state index in [1.165, 1.54) is 0 Å². The zero-order chi connectivity index (χ0) is 12.3. The smallest absolute Gasteiger partial charge is 0.348 e. The molecule has 2 nitrogen and oxygen atoms in total. The monoisotopic (exact) mass is 241 g/mol. The number of rotatable bonds is 3. The van der Waals surface area contributed by atoms with Gasteiger partial charge in [0.05, 0.1) is 0 Å². The van der Waals surface area contributed by atoms with Crippen molar-refractivity contribution in [2.45, 2.75) is 51.0 Å². The van der Waals surface area contributed by atoms with E-state index in [0.717, 1.165) is 12.8 Å². The zero-order valence-corrected chi connectivity index (χ0v) is 8.98. The van der Waals surface area contributed by atoms with Crippen LogP contribution in [-0.2, 0) is 4.79 Å². The fraction of sp³-hybridized carbons (Fsp3) is 0.900. The maximum absolute atomic E-state index is 12.6. The molecule has 0 atom stereocenters. The molecule has 1 aliphatic rings. The molecule has 6 heteroatoms. The van der Waals surface area contributed by atoms with Gasteiger partial charge in [-0.2, -0.15) is 8.78 Å². The van der Waals surface area contributed by atoms with Crippen molar-refractivity contribution < 1.29 is 22.4 Å². The van der Waals surface area contributed by atoms with Crippen LogP contribution in [-0.4, -0.2) is 24.3 Å². The Labute approximate surface area is 91.4 Å². The summed E-state index contributed by atoms with van der Waals surface area (Å²) in [7, 11) is 0. The molecule has 0 bridgehead atoms. The van der Waals surface area contributed by atoms with Gasteiger partial charge in [-0.3, -0.25) is 4.79 Å². The van der Waals surface area contributed by atoms with Crippen molar-refractivity contribution in [1.82, 2.24) is 5.32 Å². The average molecular weight is 241 g/mol. The fourth-order valence-electron chi connectivity index (χ4n) is 1.79. The molecule has 1 aliphatic carbocycles. The lowest BCUT2D eigenvalue weighted by molar-refractivity contribution is -0.170. The molecule has 1 saturated carbocycles. The molecule has 0 aromatic carbocycles. The van der Waals surface area contributed by atoms with Crippen LogP contribution in [0.15, 0.2) is 0 Å². The summed E-state index contributed by atoms with van der Waals surface area (Å²) in [5.74, 6) is -5.94. The number of carbonyl (C=O) groups is 1. The summed E-state index contributed by atoms with van der Waals surface area (Å²) in [6.07, 6.45) is -1.15. The lowest BCUT2D eigenvalue weighted by atomic mass is 9.87. The Morgan fingerprint density at radius 2 is 1.75 bits per heavy atom. The molecule has 1 N–H and O–H groups in total. The number of nitrogens with one attached hydrogen (secondary N) is 1. The van der Waals surface area contributed by atoms with Crippen molar-refractivity contribution in [1.29, 1.82) is 0 Å². The zero-order valence-electron chi connectivity index (χ0n) is 8.98. The first kappa shape index (κ1) is 13.3. The van der Waals surface area contributed by atoms with Crippen LogP contribution in [0.4, 0.5) is 17.6 Å². The van der Waals surface area contributed by atoms with Gasteiger partial charge in [-0.15, -0.1) is 0 Å². The SMILES string of the molecule is CC1CCC(NC(=O)C(F)(F)C(F)F)CC1. The summed E-state index contributed by atoms with van der Waals surface area (Å²) in [5, 5.41) is 1.99. The van der Waals surface area contributed by atoms with Crippen molar-refractivity contribution in [2.24, 2.45) is 5.92 Å². The second-order valence-corrected chi connectivity index (χ2v) is 4.35. The fourth-order valence-corrected chi connectivity index (χ4v) is 1.79. The summed E-state index contributed by atoms with van der Waals surface area (Å²) in [4.78, 5) is 10.9. The van der Waals surface area contributed by atoms with Gasteiger partial charge in [-0.05, 0) is 31.6 Å². The quantitative estimate of drug-likeness (QED) is 0.756. The van der Waals surface area contributed by atoms with Crippen LogP contribution in [0.3, 0.4) is 0 Å². The number of amides is 1. The van der Waals surface area contributed by atoms with Gasteiger partial charge >= 0.3 is 12.3 Å². The van der Waals surface area contributed by atoms with Crippen molar-refractivity contribution >= 4 is 5.91 Å². The summed E-state index contributed by atoms with van der Waals surface area (Å²) in [6.45, 7) is 2.03. The Morgan fingerprint density at radius 1 is 1.25 bits per heavy atom. The van der Waals surface area contributed by atoms with E-state index in [1.807, 2.05) is 12.2 Å². The van der Waals surface area contributed by atoms with Crippen molar-refractivity contribution in [3.8, 4) is 0 Å². The van der Waals surface area contributed by atoms with Gasteiger partial charge in [0.2, 0.25) is 0 Å². The highest BCUT2D eigenvalue weighted by Gasteiger charge is 2.49. The summed E-state index contributed by atoms with van der Waals surface area (Å²) >= 11 is 0. The summed E-state index contributed by atoms with van der Waals surface area (Å²) in [6, 6.07) is -0.395. The minimum Gasteiger partial charge on any atom is -0.348 e. The highest BCUT2D eigenvalue weighted by Crippen LogP contribution is 2.26. The van der Waals surface area contributed by atoms with Crippen LogP contribution in [0, 0.1) is 5.92 Å². The molecule has 0 aromatic rings. The number of hydrogen-bond acceptors (Lipinski definition) is 1. The molecule has 0 spiro atoms. The molecule has 0 radical (unpaired) electrons. The van der Waals surface area contributed by atoms with Crippen LogP contribution >= 0.6 is 0 Å².